The van der Waals surface area contributed by atoms with Gasteiger partial charge in [0, 0.05) is 5.56 Å². The summed E-state index contributed by atoms with van der Waals surface area (Å²) in [4.78, 5) is 24.8. The average Bonchev–Trinajstić information content (AvgIpc) is 3.33. The Kier molecular flexibility index (Phi) is 8.48. The first kappa shape index (κ1) is 30.0. The van der Waals surface area contributed by atoms with Crippen LogP contribution in [0, 0.1) is 5.92 Å². The van der Waals surface area contributed by atoms with Crippen LogP contribution in [0.25, 0.3) is 18.2 Å². The molecule has 0 fully saturated rings. The van der Waals surface area contributed by atoms with E-state index in [2.05, 4.69) is 5.10 Å². The molecule has 0 aromatic heterocycles. The van der Waals surface area contributed by atoms with E-state index in [-0.39, 0.29) is 28.4 Å². The van der Waals surface area contributed by atoms with Crippen LogP contribution in [0.2, 0.25) is 0 Å². The molecule has 222 valence electrons. The molecule has 0 radical (unpaired) electrons. The van der Waals surface area contributed by atoms with E-state index in [0.717, 1.165) is 28.3 Å². The van der Waals surface area contributed by atoms with Gasteiger partial charge < -0.3 is 9.84 Å². The van der Waals surface area contributed by atoms with Crippen molar-refractivity contribution in [3.8, 4) is 11.5 Å². The van der Waals surface area contributed by atoms with Crippen molar-refractivity contribution in [1.82, 2.24) is 0 Å². The van der Waals surface area contributed by atoms with Gasteiger partial charge in [0.15, 0.2) is 0 Å². The number of benzene rings is 4. The third kappa shape index (κ3) is 6.78. The number of halogens is 3. The highest BCUT2D eigenvalue weighted by molar-refractivity contribution is 6.33. The molecule has 0 aliphatic carbocycles. The number of carbonyl (C=O) groups is 2. The lowest BCUT2D eigenvalue weighted by molar-refractivity contribution is -0.137. The minimum Gasteiger partial charge on any atom is -0.478 e. The van der Waals surface area contributed by atoms with Crippen molar-refractivity contribution in [2.45, 2.75) is 20.0 Å². The van der Waals surface area contributed by atoms with Gasteiger partial charge in [0.1, 0.15) is 11.5 Å². The normalized spacial score (nSPS) is 14.5. The van der Waals surface area contributed by atoms with Crippen molar-refractivity contribution in [1.29, 1.82) is 0 Å². The number of amides is 1. The molecule has 0 saturated carbocycles. The highest BCUT2D eigenvalue weighted by Crippen LogP contribution is 2.37. The Morgan fingerprint density at radius 1 is 0.886 bits per heavy atom. The van der Waals surface area contributed by atoms with E-state index in [1.807, 2.05) is 68.5 Å². The predicted molar refractivity (Wildman–Crippen MR) is 164 cm³/mol. The minimum absolute atomic E-state index is 0.0372. The van der Waals surface area contributed by atoms with Gasteiger partial charge in [-0.15, -0.1) is 0 Å². The number of rotatable bonds is 8. The number of nitrogens with zero attached hydrogens (tertiary/aromatic N) is 2. The van der Waals surface area contributed by atoms with Crippen molar-refractivity contribution in [2.24, 2.45) is 11.0 Å². The van der Waals surface area contributed by atoms with Crippen molar-refractivity contribution in [3.63, 3.8) is 0 Å². The number of hydrogen-bond donors (Lipinski definition) is 1. The summed E-state index contributed by atoms with van der Waals surface area (Å²) in [6.07, 6.45) is 0.637. The zero-order valence-corrected chi connectivity index (χ0v) is 23.7. The van der Waals surface area contributed by atoms with E-state index in [1.54, 1.807) is 12.1 Å². The number of anilines is 1. The van der Waals surface area contributed by atoms with Crippen molar-refractivity contribution in [3.05, 3.63) is 130 Å². The highest BCUT2D eigenvalue weighted by Gasteiger charge is 2.34. The van der Waals surface area contributed by atoms with Crippen LogP contribution in [-0.4, -0.2) is 22.7 Å². The molecule has 5 rings (SSSR count). The standard InChI is InChI=1S/C35H27F3N2O4/c1-22(2)32-30(33(41)40(39-32)28-15-12-25(13-16-28)34(42)43)21-26-20-27(35(36,37)38)14-19-31(26)44-29-17-10-24(11-18-29)9-8-23-6-4-3-5-7-23/h3-22H,1-2H3,(H,42,43)/b9-8+,30-21-. The summed E-state index contributed by atoms with van der Waals surface area (Å²) in [5.41, 5.74) is 1.93. The maximum absolute atomic E-state index is 13.7. The first-order chi connectivity index (χ1) is 21.0. The Labute approximate surface area is 252 Å². The van der Waals surface area contributed by atoms with Crippen LogP contribution in [0.3, 0.4) is 0 Å². The molecule has 0 bridgehead atoms. The zero-order valence-electron chi connectivity index (χ0n) is 23.7. The molecule has 6 nitrogen and oxygen atoms in total. The summed E-state index contributed by atoms with van der Waals surface area (Å²) in [6, 6.07) is 25.5. The van der Waals surface area contributed by atoms with Crippen LogP contribution in [0.4, 0.5) is 18.9 Å². The van der Waals surface area contributed by atoms with Gasteiger partial charge >= 0.3 is 12.1 Å². The Morgan fingerprint density at radius 2 is 1.52 bits per heavy atom. The summed E-state index contributed by atoms with van der Waals surface area (Å²) < 4.78 is 47.2. The zero-order chi connectivity index (χ0) is 31.4. The van der Waals surface area contributed by atoms with Gasteiger partial charge in [-0.2, -0.15) is 23.3 Å². The van der Waals surface area contributed by atoms with Gasteiger partial charge in [-0.05, 0) is 77.7 Å². The third-order valence-corrected chi connectivity index (χ3v) is 6.82. The van der Waals surface area contributed by atoms with E-state index in [4.69, 9.17) is 4.74 Å². The Balaban J connectivity index is 1.47. The quantitative estimate of drug-likeness (QED) is 0.163. The van der Waals surface area contributed by atoms with E-state index in [9.17, 15) is 27.9 Å². The third-order valence-electron chi connectivity index (χ3n) is 6.82. The van der Waals surface area contributed by atoms with Crippen LogP contribution in [-0.2, 0) is 11.0 Å². The maximum Gasteiger partial charge on any atom is 0.416 e. The number of hydrogen-bond acceptors (Lipinski definition) is 4. The van der Waals surface area contributed by atoms with E-state index in [0.29, 0.717) is 17.1 Å². The molecule has 1 N–H and O–H groups in total. The van der Waals surface area contributed by atoms with Crippen molar-refractivity contribution in [2.75, 3.05) is 5.01 Å². The Hall–Kier alpha value is -5.44. The lowest BCUT2D eigenvalue weighted by Gasteiger charge is -2.14. The molecule has 1 amide bonds. The summed E-state index contributed by atoms with van der Waals surface area (Å²) in [5, 5.41) is 14.7. The van der Waals surface area contributed by atoms with Crippen LogP contribution < -0.4 is 9.75 Å². The number of ether oxygens (including phenoxy) is 1. The first-order valence-electron chi connectivity index (χ1n) is 13.7. The summed E-state index contributed by atoms with van der Waals surface area (Å²) in [7, 11) is 0. The topological polar surface area (TPSA) is 79.2 Å². The van der Waals surface area contributed by atoms with Gasteiger partial charge in [-0.1, -0.05) is 68.5 Å². The molecule has 9 heteroatoms. The molecule has 4 aromatic carbocycles. The number of carboxylic acid groups (broad SMARTS) is 1. The number of carboxylic acids is 1. The molecule has 0 spiro atoms. The van der Waals surface area contributed by atoms with Crippen LogP contribution in [0.5, 0.6) is 11.5 Å². The highest BCUT2D eigenvalue weighted by atomic mass is 19.4. The molecule has 0 saturated heterocycles. The molecule has 1 heterocycles. The number of aromatic carboxylic acids is 1. The number of hydrazone groups is 1. The van der Waals surface area contributed by atoms with Gasteiger partial charge in [0.05, 0.1) is 28.1 Å². The van der Waals surface area contributed by atoms with Crippen molar-refractivity contribution < 1.29 is 32.6 Å². The van der Waals surface area contributed by atoms with E-state index >= 15 is 0 Å². The summed E-state index contributed by atoms with van der Waals surface area (Å²) in [5.74, 6) is -1.41. The first-order valence-corrected chi connectivity index (χ1v) is 13.7. The fraction of sp³-hybridized carbons (Fsp3) is 0.114. The summed E-state index contributed by atoms with van der Waals surface area (Å²) >= 11 is 0. The van der Waals surface area contributed by atoms with Crippen LogP contribution in [0.15, 0.2) is 108 Å². The molecule has 0 unspecified atom stereocenters. The fourth-order valence-corrected chi connectivity index (χ4v) is 4.53. The Morgan fingerprint density at radius 3 is 2.11 bits per heavy atom. The number of carbonyl (C=O) groups excluding carboxylic acids is 1. The molecule has 0 atom stereocenters. The van der Waals surface area contributed by atoms with Gasteiger partial charge in [-0.25, -0.2) is 4.79 Å². The average molecular weight is 597 g/mol. The smallest absolute Gasteiger partial charge is 0.416 e. The van der Waals surface area contributed by atoms with Gasteiger partial charge in [-0.3, -0.25) is 4.79 Å². The lowest BCUT2D eigenvalue weighted by Crippen LogP contribution is -2.21. The monoisotopic (exact) mass is 596 g/mol. The Bertz CT molecular complexity index is 1770. The molecule has 4 aromatic rings. The van der Waals surface area contributed by atoms with Gasteiger partial charge in [0.2, 0.25) is 0 Å². The maximum atomic E-state index is 13.7. The second kappa shape index (κ2) is 12.4. The minimum atomic E-state index is -4.62. The van der Waals surface area contributed by atoms with Gasteiger partial charge in [0.25, 0.3) is 5.91 Å². The molecule has 1 aliphatic heterocycles. The van der Waals surface area contributed by atoms with E-state index < -0.39 is 23.6 Å². The van der Waals surface area contributed by atoms with E-state index in [1.165, 1.54) is 36.4 Å². The van der Waals surface area contributed by atoms with Crippen molar-refractivity contribution >= 4 is 41.5 Å². The number of alkyl halides is 3. The van der Waals surface area contributed by atoms with Crippen LogP contribution >= 0.6 is 0 Å². The second-order valence-electron chi connectivity index (χ2n) is 10.3. The second-order valence-corrected chi connectivity index (χ2v) is 10.3. The summed E-state index contributed by atoms with van der Waals surface area (Å²) in [6.45, 7) is 3.63. The lowest BCUT2D eigenvalue weighted by atomic mass is 9.97. The SMILES string of the molecule is CC(C)C1=NN(c2ccc(C(=O)O)cc2)C(=O)/C1=C\c1cc(C(F)(F)F)ccc1Oc1ccc(/C=C/c2ccccc2)cc1. The largest absolute Gasteiger partial charge is 0.478 e. The molecular formula is C35H27F3N2O4. The fourth-order valence-electron chi connectivity index (χ4n) is 4.53. The predicted octanol–water partition coefficient (Wildman–Crippen LogP) is 8.81. The molecular weight excluding hydrogens is 569 g/mol. The molecule has 44 heavy (non-hydrogen) atoms. The van der Waals surface area contributed by atoms with Crippen LogP contribution in [0.1, 0.15) is 46.5 Å². The molecule has 1 aliphatic rings.